The largest absolute Gasteiger partial charge is 0.497 e. The van der Waals surface area contributed by atoms with Crippen LogP contribution in [-0.2, 0) is 16.0 Å². The summed E-state index contributed by atoms with van der Waals surface area (Å²) in [6, 6.07) is 5.60. The number of carbonyl (C=O) groups excluding carboxylic acids is 1. The number of rotatable bonds is 9. The van der Waals surface area contributed by atoms with Crippen molar-refractivity contribution in [3.05, 3.63) is 23.8 Å². The minimum atomic E-state index is -0.629. The molecule has 1 amide bonds. The Morgan fingerprint density at radius 2 is 1.85 bits per heavy atom. The van der Waals surface area contributed by atoms with Gasteiger partial charge in [0.05, 0.1) is 32.5 Å². The lowest BCUT2D eigenvalue weighted by Gasteiger charge is -2.60. The number of aryl methyl sites for hydroxylation is 1. The Balaban J connectivity index is 1.98. The molecule has 6 nitrogen and oxygen atoms in total. The van der Waals surface area contributed by atoms with Crippen molar-refractivity contribution in [1.82, 2.24) is 5.32 Å². The van der Waals surface area contributed by atoms with Gasteiger partial charge in [-0.2, -0.15) is 0 Å². The Hall–Kier alpha value is -1.79. The second-order valence-electron chi connectivity index (χ2n) is 7.38. The number of ether oxygens (including phenoxy) is 3. The van der Waals surface area contributed by atoms with Crippen molar-refractivity contribution in [3.8, 4) is 11.5 Å². The van der Waals surface area contributed by atoms with Crippen molar-refractivity contribution in [2.24, 2.45) is 5.41 Å². The van der Waals surface area contributed by atoms with Crippen molar-refractivity contribution in [3.63, 3.8) is 0 Å². The van der Waals surface area contributed by atoms with E-state index in [1.165, 1.54) is 0 Å². The van der Waals surface area contributed by atoms with Crippen molar-refractivity contribution >= 4 is 5.91 Å². The Labute approximate surface area is 155 Å². The minimum Gasteiger partial charge on any atom is -0.497 e. The summed E-state index contributed by atoms with van der Waals surface area (Å²) < 4.78 is 16.2. The van der Waals surface area contributed by atoms with Gasteiger partial charge in [-0.3, -0.25) is 4.79 Å². The summed E-state index contributed by atoms with van der Waals surface area (Å²) in [5, 5.41) is 13.0. The van der Waals surface area contributed by atoms with Gasteiger partial charge in [0, 0.05) is 30.9 Å². The first-order valence-corrected chi connectivity index (χ1v) is 9.07. The molecule has 26 heavy (non-hydrogen) atoms. The third-order valence-corrected chi connectivity index (χ3v) is 5.64. The van der Waals surface area contributed by atoms with Crippen LogP contribution in [0.5, 0.6) is 11.5 Å². The maximum atomic E-state index is 12.5. The van der Waals surface area contributed by atoms with Crippen LogP contribution in [0.25, 0.3) is 0 Å². The Morgan fingerprint density at radius 1 is 1.23 bits per heavy atom. The van der Waals surface area contributed by atoms with E-state index in [0.29, 0.717) is 37.4 Å². The van der Waals surface area contributed by atoms with E-state index in [1.54, 1.807) is 20.3 Å². The fourth-order valence-electron chi connectivity index (χ4n) is 3.60. The Kier molecular flexibility index (Phi) is 6.53. The lowest BCUT2D eigenvalue weighted by atomic mass is 9.54. The molecule has 0 radical (unpaired) electrons. The Morgan fingerprint density at radius 3 is 2.31 bits per heavy atom. The number of nitrogens with one attached hydrogen (secondary N) is 1. The highest BCUT2D eigenvalue weighted by molar-refractivity contribution is 5.77. The number of hydrogen-bond donors (Lipinski definition) is 2. The molecule has 0 aromatic heterocycles. The first kappa shape index (κ1) is 20.5. The quantitative estimate of drug-likeness (QED) is 0.702. The molecular weight excluding hydrogens is 334 g/mol. The monoisotopic (exact) mass is 365 g/mol. The highest BCUT2D eigenvalue weighted by atomic mass is 16.5. The van der Waals surface area contributed by atoms with Gasteiger partial charge < -0.3 is 24.6 Å². The van der Waals surface area contributed by atoms with Crippen LogP contribution in [-0.4, -0.2) is 50.1 Å². The smallest absolute Gasteiger partial charge is 0.220 e. The molecule has 1 aromatic carbocycles. The van der Waals surface area contributed by atoms with Crippen LogP contribution < -0.4 is 14.8 Å². The van der Waals surface area contributed by atoms with Gasteiger partial charge in [-0.1, -0.05) is 13.8 Å². The molecule has 2 N–H and O–H groups in total. The molecule has 6 heteroatoms. The van der Waals surface area contributed by atoms with E-state index in [4.69, 9.17) is 14.2 Å². The third kappa shape index (κ3) is 3.96. The first-order chi connectivity index (χ1) is 12.3. The SMILES string of the molecule is CCO[C@H]1C[C@](CO)(NC(=O)CCc2cc(OC)cc(OC)c2)C1(C)C. The van der Waals surface area contributed by atoms with Crippen molar-refractivity contribution in [2.45, 2.75) is 51.7 Å². The molecule has 0 saturated heterocycles. The van der Waals surface area contributed by atoms with E-state index in [2.05, 4.69) is 5.32 Å². The molecule has 1 aliphatic rings. The van der Waals surface area contributed by atoms with E-state index in [1.807, 2.05) is 32.9 Å². The molecule has 2 atom stereocenters. The molecule has 1 aliphatic carbocycles. The maximum absolute atomic E-state index is 12.5. The fraction of sp³-hybridized carbons (Fsp3) is 0.650. The summed E-state index contributed by atoms with van der Waals surface area (Å²) in [6.07, 6.45) is 1.56. The second kappa shape index (κ2) is 8.27. The standard InChI is InChI=1S/C20H31NO5/c1-6-26-17-12-20(13-22,19(17,2)3)21-18(23)8-7-14-9-15(24-4)11-16(10-14)25-5/h9-11,17,22H,6-8,12-13H2,1-5H3,(H,21,23)/t17-,20+/m0/s1. The van der Waals surface area contributed by atoms with Crippen LogP contribution in [0.1, 0.15) is 39.2 Å². The second-order valence-corrected chi connectivity index (χ2v) is 7.38. The lowest BCUT2D eigenvalue weighted by molar-refractivity contribution is -0.181. The van der Waals surface area contributed by atoms with Gasteiger partial charge in [0.2, 0.25) is 5.91 Å². The molecule has 0 heterocycles. The van der Waals surface area contributed by atoms with Crippen LogP contribution in [0, 0.1) is 5.41 Å². The minimum absolute atomic E-state index is 0.0441. The van der Waals surface area contributed by atoms with Crippen LogP contribution >= 0.6 is 0 Å². The number of benzene rings is 1. The zero-order valence-corrected chi connectivity index (χ0v) is 16.4. The first-order valence-electron chi connectivity index (χ1n) is 9.07. The topological polar surface area (TPSA) is 77.0 Å². The fourth-order valence-corrected chi connectivity index (χ4v) is 3.60. The summed E-state index contributed by atoms with van der Waals surface area (Å²) in [7, 11) is 3.20. The molecule has 0 bridgehead atoms. The van der Waals surface area contributed by atoms with Gasteiger partial charge in [-0.15, -0.1) is 0 Å². The van der Waals surface area contributed by atoms with Crippen molar-refractivity contribution in [1.29, 1.82) is 0 Å². The molecule has 2 rings (SSSR count). The molecule has 1 saturated carbocycles. The van der Waals surface area contributed by atoms with Crippen LogP contribution in [0.4, 0.5) is 0 Å². The molecule has 0 aliphatic heterocycles. The molecule has 146 valence electrons. The number of amides is 1. The zero-order valence-electron chi connectivity index (χ0n) is 16.4. The average Bonchev–Trinajstić information content (AvgIpc) is 2.64. The van der Waals surface area contributed by atoms with Gasteiger partial charge in [-0.05, 0) is 31.0 Å². The normalized spacial score (nSPS) is 23.8. The van der Waals surface area contributed by atoms with Crippen LogP contribution in [0.2, 0.25) is 0 Å². The summed E-state index contributed by atoms with van der Waals surface area (Å²) in [5.74, 6) is 1.32. The molecule has 0 unspecified atom stereocenters. The van der Waals surface area contributed by atoms with E-state index in [9.17, 15) is 9.90 Å². The number of methoxy groups -OCH3 is 2. The molecule has 1 fully saturated rings. The highest BCUT2D eigenvalue weighted by Gasteiger charge is 2.61. The van der Waals surface area contributed by atoms with Crippen molar-refractivity contribution < 1.29 is 24.1 Å². The molecular formula is C20H31NO5. The van der Waals surface area contributed by atoms with Gasteiger partial charge in [-0.25, -0.2) is 0 Å². The highest BCUT2D eigenvalue weighted by Crippen LogP contribution is 2.51. The lowest BCUT2D eigenvalue weighted by Crippen LogP contribution is -2.74. The average molecular weight is 365 g/mol. The predicted molar refractivity (Wildman–Crippen MR) is 99.6 cm³/mol. The molecule has 0 spiro atoms. The number of carbonyl (C=O) groups is 1. The summed E-state index contributed by atoms with van der Waals surface area (Å²) in [4.78, 5) is 12.5. The number of aliphatic hydroxyl groups excluding tert-OH is 1. The van der Waals surface area contributed by atoms with E-state index < -0.39 is 5.54 Å². The van der Waals surface area contributed by atoms with E-state index >= 15 is 0 Å². The Bertz CT molecular complexity index is 608. The van der Waals surface area contributed by atoms with Gasteiger partial charge in [0.1, 0.15) is 11.5 Å². The summed E-state index contributed by atoms with van der Waals surface area (Å²) in [6.45, 7) is 6.54. The third-order valence-electron chi connectivity index (χ3n) is 5.64. The zero-order chi connectivity index (χ0) is 19.4. The number of hydrogen-bond acceptors (Lipinski definition) is 5. The van der Waals surface area contributed by atoms with Gasteiger partial charge in [0.15, 0.2) is 0 Å². The summed E-state index contributed by atoms with van der Waals surface area (Å²) in [5.41, 5.74) is 0.0252. The van der Waals surface area contributed by atoms with E-state index in [-0.39, 0.29) is 24.0 Å². The number of aliphatic hydroxyl groups is 1. The van der Waals surface area contributed by atoms with Gasteiger partial charge in [0.25, 0.3) is 0 Å². The summed E-state index contributed by atoms with van der Waals surface area (Å²) >= 11 is 0. The van der Waals surface area contributed by atoms with Crippen molar-refractivity contribution in [2.75, 3.05) is 27.4 Å². The van der Waals surface area contributed by atoms with Gasteiger partial charge >= 0.3 is 0 Å². The predicted octanol–water partition coefficient (Wildman–Crippen LogP) is 2.32. The van der Waals surface area contributed by atoms with E-state index in [0.717, 1.165) is 5.56 Å². The van der Waals surface area contributed by atoms with Crippen LogP contribution in [0.15, 0.2) is 18.2 Å². The molecule has 1 aromatic rings. The van der Waals surface area contributed by atoms with Crippen LogP contribution in [0.3, 0.4) is 0 Å². The maximum Gasteiger partial charge on any atom is 0.220 e.